The number of methoxy groups -OCH3 is 1. The lowest BCUT2D eigenvalue weighted by molar-refractivity contribution is -0.115. The van der Waals surface area contributed by atoms with Gasteiger partial charge in [-0.1, -0.05) is 5.16 Å². The van der Waals surface area contributed by atoms with Gasteiger partial charge < -0.3 is 24.1 Å². The second-order valence-electron chi connectivity index (χ2n) is 8.71. The lowest BCUT2D eigenvalue weighted by Gasteiger charge is -2.26. The number of benzene rings is 2. The summed E-state index contributed by atoms with van der Waals surface area (Å²) in [4.78, 5) is 27.1. The Hall–Kier alpha value is -3.59. The van der Waals surface area contributed by atoms with Crippen molar-refractivity contribution >= 4 is 17.4 Å². The zero-order valence-corrected chi connectivity index (χ0v) is 20.4. The lowest BCUT2D eigenvalue weighted by Crippen LogP contribution is -2.30. The smallest absolute Gasteiger partial charge is 0.338 e. The largest absolute Gasteiger partial charge is 0.478 e. The van der Waals surface area contributed by atoms with Crippen molar-refractivity contribution in [2.24, 2.45) is 5.92 Å². The zero-order valence-electron chi connectivity index (χ0n) is 20.4. The van der Waals surface area contributed by atoms with Gasteiger partial charge in [0.1, 0.15) is 11.6 Å². The number of carbonyl (C=O) groups excluding carboxylic acids is 1. The number of ether oxygens (including phenoxy) is 1. The Labute approximate surface area is 203 Å². The van der Waals surface area contributed by atoms with E-state index in [4.69, 9.17) is 14.4 Å². The number of carbonyl (C=O) groups is 2. The van der Waals surface area contributed by atoms with Gasteiger partial charge in [0.05, 0.1) is 12.2 Å². The molecule has 0 radical (unpaired) electrons. The number of rotatable bonds is 9. The monoisotopic (exact) mass is 483 g/mol. The van der Waals surface area contributed by atoms with Gasteiger partial charge in [0.2, 0.25) is 5.82 Å². The van der Waals surface area contributed by atoms with Crippen LogP contribution in [0.2, 0.25) is 0 Å². The summed E-state index contributed by atoms with van der Waals surface area (Å²) in [5, 5.41) is 12.9. The first-order valence-electron chi connectivity index (χ1n) is 11.4. The van der Waals surface area contributed by atoms with Gasteiger partial charge in [-0.15, -0.1) is 0 Å². The predicted molar refractivity (Wildman–Crippen MR) is 130 cm³/mol. The van der Waals surface area contributed by atoms with E-state index in [-0.39, 0.29) is 11.6 Å². The second kappa shape index (κ2) is 11.7. The number of nitrogens with zero attached hydrogens (tertiary/aromatic N) is 3. The number of aromatic nitrogens is 2. The molecule has 35 heavy (non-hydrogen) atoms. The van der Waals surface area contributed by atoms with Gasteiger partial charge in [0.15, 0.2) is 0 Å². The average molecular weight is 484 g/mol. The van der Waals surface area contributed by atoms with Crippen LogP contribution in [0, 0.1) is 18.7 Å². The maximum absolute atomic E-state index is 14.0. The first-order chi connectivity index (χ1) is 16.7. The van der Waals surface area contributed by atoms with Crippen LogP contribution in [0.1, 0.15) is 42.6 Å². The molecule has 1 fully saturated rings. The van der Waals surface area contributed by atoms with E-state index in [2.05, 4.69) is 15.0 Å². The summed E-state index contributed by atoms with van der Waals surface area (Å²) in [5.74, 6) is -0.735. The van der Waals surface area contributed by atoms with Crippen molar-refractivity contribution in [1.82, 2.24) is 10.1 Å². The number of ketones is 1. The van der Waals surface area contributed by atoms with Crippen molar-refractivity contribution in [2.75, 3.05) is 31.7 Å². The minimum Gasteiger partial charge on any atom is -0.478 e. The molecule has 0 spiro atoms. The van der Waals surface area contributed by atoms with Crippen molar-refractivity contribution in [3.63, 3.8) is 0 Å². The molecule has 1 aliphatic carbocycles. The van der Waals surface area contributed by atoms with Crippen LogP contribution < -0.4 is 4.90 Å². The number of anilines is 1. The molecule has 0 aliphatic heterocycles. The molecule has 4 rings (SSSR count). The van der Waals surface area contributed by atoms with Crippen LogP contribution in [-0.4, -0.2) is 53.8 Å². The summed E-state index contributed by atoms with van der Waals surface area (Å²) in [7, 11) is 1.71. The molecular formula is C26H30FN3O5. The zero-order chi connectivity index (χ0) is 25.5. The molecule has 1 aromatic heterocycles. The van der Waals surface area contributed by atoms with E-state index in [0.29, 0.717) is 18.1 Å². The molecule has 186 valence electrons. The number of carboxylic acid groups (broad SMARTS) is 1. The molecule has 1 saturated carbocycles. The molecule has 0 saturated heterocycles. The third kappa shape index (κ3) is 7.19. The molecule has 0 amide bonds. The lowest BCUT2D eigenvalue weighted by atomic mass is 10.1. The van der Waals surface area contributed by atoms with E-state index in [1.165, 1.54) is 38.8 Å². The summed E-state index contributed by atoms with van der Waals surface area (Å²) in [5.41, 5.74) is 2.95. The van der Waals surface area contributed by atoms with Gasteiger partial charge in [-0.05, 0) is 81.5 Å². The fourth-order valence-corrected chi connectivity index (χ4v) is 3.55. The van der Waals surface area contributed by atoms with Crippen LogP contribution in [0.3, 0.4) is 0 Å². The standard InChI is InChI=1S/C23H24FN3O4.C3H6O/c1-14-11-17(6-8-20(14)27(9-10-30-2)13-15-3-4-15)22-25-21(26-31-22)16-5-7-18(23(28)29)19(24)12-16;1-3(2)4/h5-8,11-12,15H,3-4,9-10,13H2,1-2H3,(H,28,29);1-2H3. The van der Waals surface area contributed by atoms with E-state index >= 15 is 0 Å². The highest BCUT2D eigenvalue weighted by atomic mass is 19.1. The van der Waals surface area contributed by atoms with Gasteiger partial charge in [0, 0.05) is 37.0 Å². The first kappa shape index (κ1) is 26.0. The Bertz CT molecular complexity index is 1190. The summed E-state index contributed by atoms with van der Waals surface area (Å²) in [6, 6.07) is 9.72. The number of aryl methyl sites for hydroxylation is 1. The van der Waals surface area contributed by atoms with Crippen LogP contribution in [0.25, 0.3) is 22.8 Å². The minimum absolute atomic E-state index is 0.167. The maximum Gasteiger partial charge on any atom is 0.338 e. The fourth-order valence-electron chi connectivity index (χ4n) is 3.55. The SMILES string of the molecule is CC(C)=O.COCCN(CC1CC1)c1ccc(-c2nc(-c3ccc(C(=O)O)c(F)c3)no2)cc1C. The molecule has 3 aromatic rings. The van der Waals surface area contributed by atoms with Gasteiger partial charge in [0.25, 0.3) is 5.89 Å². The van der Waals surface area contributed by atoms with Gasteiger partial charge in [-0.3, -0.25) is 0 Å². The molecule has 1 N–H and O–H groups in total. The molecule has 1 heterocycles. The summed E-state index contributed by atoms with van der Waals surface area (Å²) in [6.07, 6.45) is 2.55. The van der Waals surface area contributed by atoms with Crippen LogP contribution in [-0.2, 0) is 9.53 Å². The van der Waals surface area contributed by atoms with Gasteiger partial charge in [-0.2, -0.15) is 4.98 Å². The Morgan fingerprint density at radius 2 is 1.86 bits per heavy atom. The van der Waals surface area contributed by atoms with Crippen molar-refractivity contribution < 1.29 is 28.3 Å². The fraction of sp³-hybridized carbons (Fsp3) is 0.385. The highest BCUT2D eigenvalue weighted by Gasteiger charge is 2.25. The van der Waals surface area contributed by atoms with Crippen molar-refractivity contribution in [3.8, 4) is 22.8 Å². The van der Waals surface area contributed by atoms with Crippen molar-refractivity contribution in [3.05, 3.63) is 53.3 Å². The average Bonchev–Trinajstić information content (AvgIpc) is 3.47. The molecule has 9 heteroatoms. The molecule has 0 bridgehead atoms. The van der Waals surface area contributed by atoms with Gasteiger partial charge >= 0.3 is 5.97 Å². The summed E-state index contributed by atoms with van der Waals surface area (Å²) in [6.45, 7) is 7.61. The summed E-state index contributed by atoms with van der Waals surface area (Å²) < 4.78 is 24.6. The Balaban J connectivity index is 0.000000795. The van der Waals surface area contributed by atoms with Crippen LogP contribution in [0.4, 0.5) is 10.1 Å². The van der Waals surface area contributed by atoms with E-state index in [1.54, 1.807) is 7.11 Å². The topological polar surface area (TPSA) is 106 Å². The minimum atomic E-state index is -1.32. The number of carboxylic acids is 1. The van der Waals surface area contributed by atoms with E-state index in [1.807, 2.05) is 25.1 Å². The Kier molecular flexibility index (Phi) is 8.70. The Morgan fingerprint density at radius 3 is 2.43 bits per heavy atom. The first-order valence-corrected chi connectivity index (χ1v) is 11.4. The number of hydrogen-bond acceptors (Lipinski definition) is 7. The normalized spacial score (nSPS) is 12.6. The number of Topliss-reactive ketones (excluding diaryl/α,β-unsaturated/α-hetero) is 1. The third-order valence-electron chi connectivity index (χ3n) is 5.41. The van der Waals surface area contributed by atoms with Crippen molar-refractivity contribution in [1.29, 1.82) is 0 Å². The number of aromatic carboxylic acids is 1. The van der Waals surface area contributed by atoms with Crippen LogP contribution in [0.5, 0.6) is 0 Å². The molecular weight excluding hydrogens is 453 g/mol. The van der Waals surface area contributed by atoms with Crippen LogP contribution in [0.15, 0.2) is 40.9 Å². The third-order valence-corrected chi connectivity index (χ3v) is 5.41. The van der Waals surface area contributed by atoms with Crippen LogP contribution >= 0.6 is 0 Å². The maximum atomic E-state index is 14.0. The molecule has 0 unspecified atom stereocenters. The number of halogens is 1. The van der Waals surface area contributed by atoms with E-state index in [9.17, 15) is 14.0 Å². The van der Waals surface area contributed by atoms with E-state index < -0.39 is 17.3 Å². The van der Waals surface area contributed by atoms with Crippen molar-refractivity contribution in [2.45, 2.75) is 33.6 Å². The van der Waals surface area contributed by atoms with E-state index in [0.717, 1.165) is 41.9 Å². The molecule has 8 nitrogen and oxygen atoms in total. The quantitative estimate of drug-likeness (QED) is 0.453. The predicted octanol–water partition coefficient (Wildman–Crippen LogP) is 5.01. The molecule has 0 atom stereocenters. The Morgan fingerprint density at radius 1 is 1.17 bits per heavy atom. The second-order valence-corrected chi connectivity index (χ2v) is 8.71. The highest BCUT2D eigenvalue weighted by Crippen LogP contribution is 2.33. The summed E-state index contributed by atoms with van der Waals surface area (Å²) >= 11 is 0. The van der Waals surface area contributed by atoms with Gasteiger partial charge in [-0.25, -0.2) is 9.18 Å². The molecule has 1 aliphatic rings. The number of hydrogen-bond donors (Lipinski definition) is 1. The highest BCUT2D eigenvalue weighted by molar-refractivity contribution is 5.88. The molecule has 2 aromatic carbocycles.